The highest BCUT2D eigenvalue weighted by molar-refractivity contribution is 7.99. The van der Waals surface area contributed by atoms with Gasteiger partial charge in [-0.1, -0.05) is 12.1 Å². The van der Waals surface area contributed by atoms with Gasteiger partial charge in [0.05, 0.1) is 5.69 Å². The maximum absolute atomic E-state index is 2.39. The van der Waals surface area contributed by atoms with Gasteiger partial charge in [0.2, 0.25) is 0 Å². The number of nitrogens with zero attached hydrogens (tertiary/aromatic N) is 1. The van der Waals surface area contributed by atoms with Gasteiger partial charge in [-0.05, 0) is 25.5 Å². The van der Waals surface area contributed by atoms with Crippen molar-refractivity contribution in [1.82, 2.24) is 0 Å². The highest BCUT2D eigenvalue weighted by Crippen LogP contribution is 2.38. The van der Waals surface area contributed by atoms with Gasteiger partial charge in [0.25, 0.3) is 0 Å². The van der Waals surface area contributed by atoms with E-state index in [1.165, 1.54) is 21.9 Å². The Morgan fingerprint density at radius 2 is 2.23 bits per heavy atom. The number of hydrogen-bond donors (Lipinski definition) is 0. The zero-order valence-electron chi connectivity index (χ0n) is 8.37. The molecule has 0 saturated heterocycles. The first-order chi connectivity index (χ1) is 6.20. The summed E-state index contributed by atoms with van der Waals surface area (Å²) in [6.07, 6.45) is 0. The van der Waals surface area contributed by atoms with Gasteiger partial charge < -0.3 is 4.90 Å². The Morgan fingerprint density at radius 3 is 3.00 bits per heavy atom. The van der Waals surface area contributed by atoms with Crippen LogP contribution in [-0.4, -0.2) is 18.8 Å². The molecule has 0 radical (unpaired) electrons. The van der Waals surface area contributed by atoms with Gasteiger partial charge in [0.1, 0.15) is 0 Å². The Morgan fingerprint density at radius 1 is 1.46 bits per heavy atom. The predicted molar refractivity (Wildman–Crippen MR) is 59.8 cm³/mol. The van der Waals surface area contributed by atoms with E-state index in [-0.39, 0.29) is 0 Å². The molecule has 1 heterocycles. The summed E-state index contributed by atoms with van der Waals surface area (Å²) in [6, 6.07) is 7.20. The summed E-state index contributed by atoms with van der Waals surface area (Å²) in [5.74, 6) is 1.20. The molecule has 1 aliphatic rings. The van der Waals surface area contributed by atoms with Crippen LogP contribution in [0.5, 0.6) is 0 Å². The first-order valence-corrected chi connectivity index (χ1v) is 5.64. The molecule has 0 N–H and O–H groups in total. The minimum atomic E-state index is 0.651. The maximum atomic E-state index is 2.39. The number of rotatable bonds is 0. The standard InChI is InChI=1S/C11H15NS/c1-8-5-4-6-10-11(8)12(3)9(2)7-13-10/h4-6,9H,7H2,1-3H3. The summed E-state index contributed by atoms with van der Waals surface area (Å²) in [5, 5.41) is 0. The van der Waals surface area contributed by atoms with Crippen LogP contribution in [0.3, 0.4) is 0 Å². The lowest BCUT2D eigenvalue weighted by Gasteiger charge is -2.34. The molecule has 70 valence electrons. The second-order valence-electron chi connectivity index (χ2n) is 3.69. The molecule has 0 spiro atoms. The third-order valence-electron chi connectivity index (χ3n) is 2.69. The lowest BCUT2D eigenvalue weighted by Crippen LogP contribution is -2.34. The first-order valence-electron chi connectivity index (χ1n) is 4.65. The van der Waals surface area contributed by atoms with Gasteiger partial charge in [-0.2, -0.15) is 0 Å². The van der Waals surface area contributed by atoms with Crippen molar-refractivity contribution < 1.29 is 0 Å². The molecule has 0 saturated carbocycles. The van der Waals surface area contributed by atoms with Gasteiger partial charge in [-0.15, -0.1) is 11.8 Å². The number of benzene rings is 1. The van der Waals surface area contributed by atoms with E-state index < -0.39 is 0 Å². The van der Waals surface area contributed by atoms with Gasteiger partial charge in [-0.25, -0.2) is 0 Å². The summed E-state index contributed by atoms with van der Waals surface area (Å²) in [6.45, 7) is 4.47. The first kappa shape index (κ1) is 8.95. The van der Waals surface area contributed by atoms with Crippen molar-refractivity contribution in [1.29, 1.82) is 0 Å². The molecular weight excluding hydrogens is 178 g/mol. The van der Waals surface area contributed by atoms with E-state index in [4.69, 9.17) is 0 Å². The molecule has 0 bridgehead atoms. The third-order valence-corrected chi connectivity index (χ3v) is 3.98. The number of aryl methyl sites for hydroxylation is 1. The van der Waals surface area contributed by atoms with Crippen molar-refractivity contribution >= 4 is 17.4 Å². The molecule has 1 aromatic rings. The fraction of sp³-hybridized carbons (Fsp3) is 0.455. The minimum absolute atomic E-state index is 0.651. The molecule has 2 rings (SSSR count). The monoisotopic (exact) mass is 193 g/mol. The van der Waals surface area contributed by atoms with E-state index in [1.54, 1.807) is 0 Å². The van der Waals surface area contributed by atoms with E-state index in [0.717, 1.165) is 0 Å². The fourth-order valence-corrected chi connectivity index (χ4v) is 3.00. The topological polar surface area (TPSA) is 3.24 Å². The molecule has 1 aliphatic heterocycles. The van der Waals surface area contributed by atoms with Crippen LogP contribution in [0.15, 0.2) is 23.1 Å². The zero-order valence-corrected chi connectivity index (χ0v) is 9.19. The van der Waals surface area contributed by atoms with Crippen LogP contribution in [0, 0.1) is 6.92 Å². The van der Waals surface area contributed by atoms with Crippen molar-refractivity contribution in [2.45, 2.75) is 24.8 Å². The summed E-state index contributed by atoms with van der Waals surface area (Å²) in [4.78, 5) is 3.82. The second-order valence-corrected chi connectivity index (χ2v) is 4.75. The summed E-state index contributed by atoms with van der Waals surface area (Å²) >= 11 is 1.97. The molecule has 1 aromatic carbocycles. The highest BCUT2D eigenvalue weighted by atomic mass is 32.2. The predicted octanol–water partition coefficient (Wildman–Crippen LogP) is 2.93. The van der Waals surface area contributed by atoms with E-state index >= 15 is 0 Å². The van der Waals surface area contributed by atoms with Crippen molar-refractivity contribution in [3.05, 3.63) is 23.8 Å². The van der Waals surface area contributed by atoms with Crippen molar-refractivity contribution in [3.8, 4) is 0 Å². The summed E-state index contributed by atoms with van der Waals surface area (Å²) < 4.78 is 0. The third kappa shape index (κ3) is 1.44. The Kier molecular flexibility index (Phi) is 2.24. The van der Waals surface area contributed by atoms with E-state index in [2.05, 4.69) is 44.0 Å². The normalized spacial score (nSPS) is 21.5. The number of fused-ring (bicyclic) bond motifs is 1. The molecule has 1 atom stereocenters. The smallest absolute Gasteiger partial charge is 0.0534 e. The number of hydrogen-bond acceptors (Lipinski definition) is 2. The lowest BCUT2D eigenvalue weighted by atomic mass is 10.1. The number of para-hydroxylation sites is 1. The Labute approximate surface area is 84.1 Å². The van der Waals surface area contributed by atoms with Crippen LogP contribution in [0.25, 0.3) is 0 Å². The van der Waals surface area contributed by atoms with Crippen LogP contribution in [0.1, 0.15) is 12.5 Å². The van der Waals surface area contributed by atoms with Gasteiger partial charge in [0.15, 0.2) is 0 Å². The molecule has 1 unspecified atom stereocenters. The van der Waals surface area contributed by atoms with Crippen LogP contribution >= 0.6 is 11.8 Å². The van der Waals surface area contributed by atoms with Crippen LogP contribution in [0.2, 0.25) is 0 Å². The molecular formula is C11H15NS. The van der Waals surface area contributed by atoms with Gasteiger partial charge >= 0.3 is 0 Å². The lowest BCUT2D eigenvalue weighted by molar-refractivity contribution is 0.745. The van der Waals surface area contributed by atoms with E-state index in [1.807, 2.05) is 11.8 Å². The Bertz CT molecular complexity index is 322. The van der Waals surface area contributed by atoms with E-state index in [9.17, 15) is 0 Å². The molecule has 2 heteroatoms. The van der Waals surface area contributed by atoms with Crippen LogP contribution in [-0.2, 0) is 0 Å². The molecule has 13 heavy (non-hydrogen) atoms. The number of anilines is 1. The SMILES string of the molecule is Cc1cccc2c1N(C)C(C)CS2. The van der Waals surface area contributed by atoms with Crippen LogP contribution in [0.4, 0.5) is 5.69 Å². The Balaban J connectivity index is 2.51. The van der Waals surface area contributed by atoms with Gasteiger partial charge in [0, 0.05) is 23.7 Å². The maximum Gasteiger partial charge on any atom is 0.0534 e. The number of thioether (sulfide) groups is 1. The molecule has 0 aromatic heterocycles. The average molecular weight is 193 g/mol. The minimum Gasteiger partial charge on any atom is -0.370 e. The van der Waals surface area contributed by atoms with Crippen molar-refractivity contribution in [3.63, 3.8) is 0 Å². The van der Waals surface area contributed by atoms with E-state index in [0.29, 0.717) is 6.04 Å². The molecule has 0 amide bonds. The largest absolute Gasteiger partial charge is 0.370 e. The molecule has 0 fully saturated rings. The average Bonchev–Trinajstić information content (AvgIpc) is 2.12. The summed E-state index contributed by atoms with van der Waals surface area (Å²) in [7, 11) is 2.19. The quantitative estimate of drug-likeness (QED) is 0.623. The molecule has 0 aliphatic carbocycles. The van der Waals surface area contributed by atoms with Gasteiger partial charge in [-0.3, -0.25) is 0 Å². The summed E-state index contributed by atoms with van der Waals surface area (Å²) in [5.41, 5.74) is 2.81. The zero-order chi connectivity index (χ0) is 9.42. The Hall–Kier alpha value is -0.630. The molecule has 1 nitrogen and oxygen atoms in total. The van der Waals surface area contributed by atoms with Crippen LogP contribution < -0.4 is 4.90 Å². The highest BCUT2D eigenvalue weighted by Gasteiger charge is 2.21. The van der Waals surface area contributed by atoms with Crippen molar-refractivity contribution in [2.75, 3.05) is 17.7 Å². The second kappa shape index (κ2) is 3.26. The fourth-order valence-electron chi connectivity index (χ4n) is 1.74. The van der Waals surface area contributed by atoms with Crippen molar-refractivity contribution in [2.24, 2.45) is 0 Å².